The van der Waals surface area contributed by atoms with Crippen molar-refractivity contribution in [1.82, 2.24) is 0 Å². The Morgan fingerprint density at radius 2 is 2.11 bits per heavy atom. The van der Waals surface area contributed by atoms with Crippen LogP contribution in [-0.2, 0) is 20.5 Å². The first-order valence-corrected chi connectivity index (χ1v) is 5.19. The highest BCUT2D eigenvalue weighted by molar-refractivity contribution is 5.94. The van der Waals surface area contributed by atoms with E-state index in [9.17, 15) is 22.8 Å². The summed E-state index contributed by atoms with van der Waals surface area (Å²) < 4.78 is 42.1. The van der Waals surface area contributed by atoms with Crippen LogP contribution in [0.3, 0.4) is 0 Å². The topological polar surface area (TPSA) is 43.4 Å². The number of rotatable bonds is 4. The van der Waals surface area contributed by atoms with E-state index in [4.69, 9.17) is 0 Å². The van der Waals surface area contributed by atoms with Crippen LogP contribution in [0.25, 0.3) is 0 Å². The van der Waals surface area contributed by atoms with Crippen molar-refractivity contribution in [3.8, 4) is 0 Å². The van der Waals surface area contributed by atoms with Crippen molar-refractivity contribution in [3.63, 3.8) is 0 Å². The second kappa shape index (κ2) is 5.66. The van der Waals surface area contributed by atoms with Gasteiger partial charge in [-0.3, -0.25) is 4.79 Å². The zero-order valence-electron chi connectivity index (χ0n) is 9.53. The van der Waals surface area contributed by atoms with Crippen molar-refractivity contribution < 1.29 is 27.5 Å². The summed E-state index contributed by atoms with van der Waals surface area (Å²) in [6.07, 6.45) is -4.24. The predicted molar refractivity (Wildman–Crippen MR) is 56.9 cm³/mol. The van der Waals surface area contributed by atoms with Crippen molar-refractivity contribution in [2.24, 2.45) is 0 Å². The molecule has 0 saturated heterocycles. The Morgan fingerprint density at radius 1 is 1.44 bits per heavy atom. The van der Waals surface area contributed by atoms with Crippen LogP contribution in [0.1, 0.15) is 24.0 Å². The summed E-state index contributed by atoms with van der Waals surface area (Å²) >= 11 is 0. The zero-order valence-corrected chi connectivity index (χ0v) is 9.53. The lowest BCUT2D eigenvalue weighted by Crippen LogP contribution is -2.18. The number of ether oxygens (including phenoxy) is 1. The molecule has 1 aromatic carbocycles. The first kappa shape index (κ1) is 14.2. The van der Waals surface area contributed by atoms with Crippen LogP contribution in [0.4, 0.5) is 13.2 Å². The lowest BCUT2D eigenvalue weighted by atomic mass is 9.98. The Hall–Kier alpha value is -1.85. The fraction of sp³-hybridized carbons (Fsp3) is 0.333. The maximum atomic E-state index is 12.5. The quantitative estimate of drug-likeness (QED) is 0.474. The molecule has 1 unspecified atom stereocenters. The molecule has 0 bridgehead atoms. The Bertz CT molecular complexity index is 440. The molecule has 0 aromatic heterocycles. The molecule has 1 aromatic rings. The van der Waals surface area contributed by atoms with E-state index in [1.165, 1.54) is 6.07 Å². The van der Waals surface area contributed by atoms with Gasteiger partial charge in [-0.05, 0) is 18.6 Å². The summed E-state index contributed by atoms with van der Waals surface area (Å²) in [6, 6.07) is 4.08. The van der Waals surface area contributed by atoms with Crippen LogP contribution in [0, 0.1) is 0 Å². The van der Waals surface area contributed by atoms with Crippen LogP contribution in [0.2, 0.25) is 0 Å². The number of carbonyl (C=O) groups is 2. The monoisotopic (exact) mass is 260 g/mol. The molecule has 6 heteroatoms. The van der Waals surface area contributed by atoms with Gasteiger partial charge in [-0.2, -0.15) is 13.2 Å². The maximum Gasteiger partial charge on any atom is 0.416 e. The van der Waals surface area contributed by atoms with Crippen LogP contribution >= 0.6 is 0 Å². The van der Waals surface area contributed by atoms with Crippen LogP contribution in [0.15, 0.2) is 24.3 Å². The minimum Gasteiger partial charge on any atom is -0.465 e. The van der Waals surface area contributed by atoms with Gasteiger partial charge in [0, 0.05) is 0 Å². The number of aldehydes is 1. The van der Waals surface area contributed by atoms with E-state index in [0.717, 1.165) is 18.2 Å². The number of hydrogen-bond acceptors (Lipinski definition) is 3. The van der Waals surface area contributed by atoms with Gasteiger partial charge in [-0.15, -0.1) is 0 Å². The lowest BCUT2D eigenvalue weighted by Gasteiger charge is -2.12. The molecule has 1 rings (SSSR count). The van der Waals surface area contributed by atoms with E-state index in [0.29, 0.717) is 0 Å². The summed E-state index contributed by atoms with van der Waals surface area (Å²) in [5.74, 6) is -2.18. The first-order chi connectivity index (χ1) is 8.40. The van der Waals surface area contributed by atoms with Crippen molar-refractivity contribution >= 4 is 12.3 Å². The maximum absolute atomic E-state index is 12.5. The summed E-state index contributed by atoms with van der Waals surface area (Å²) in [4.78, 5) is 22.2. The molecule has 0 aliphatic rings. The highest BCUT2D eigenvalue weighted by Crippen LogP contribution is 2.31. The molecular weight excluding hydrogens is 249 g/mol. The van der Waals surface area contributed by atoms with Crippen molar-refractivity contribution in [2.75, 3.05) is 6.61 Å². The fourth-order valence-electron chi connectivity index (χ4n) is 1.41. The van der Waals surface area contributed by atoms with Crippen LogP contribution in [-0.4, -0.2) is 18.9 Å². The van der Waals surface area contributed by atoms with Gasteiger partial charge in [0.05, 0.1) is 12.2 Å². The molecule has 1 atom stereocenters. The van der Waals surface area contributed by atoms with Gasteiger partial charge < -0.3 is 9.53 Å². The minimum absolute atomic E-state index is 0.0294. The van der Waals surface area contributed by atoms with Crippen LogP contribution < -0.4 is 0 Å². The van der Waals surface area contributed by atoms with Crippen molar-refractivity contribution in [1.29, 1.82) is 0 Å². The van der Waals surface area contributed by atoms with Crippen molar-refractivity contribution in [2.45, 2.75) is 19.0 Å². The van der Waals surface area contributed by atoms with Crippen molar-refractivity contribution in [3.05, 3.63) is 35.4 Å². The van der Waals surface area contributed by atoms with Gasteiger partial charge in [-0.25, -0.2) is 0 Å². The molecule has 0 heterocycles. The molecule has 0 radical (unpaired) electrons. The molecule has 0 amide bonds. The molecular formula is C12H11F3O3. The molecule has 18 heavy (non-hydrogen) atoms. The molecule has 0 saturated carbocycles. The molecule has 0 spiro atoms. The van der Waals surface area contributed by atoms with E-state index < -0.39 is 23.6 Å². The molecule has 0 N–H and O–H groups in total. The zero-order chi connectivity index (χ0) is 13.8. The van der Waals surface area contributed by atoms with E-state index in [1.807, 2.05) is 0 Å². The Labute approximate surface area is 102 Å². The third-order valence-corrected chi connectivity index (χ3v) is 2.25. The fourth-order valence-corrected chi connectivity index (χ4v) is 1.41. The summed E-state index contributed by atoms with van der Waals surface area (Å²) in [6.45, 7) is 1.61. The standard InChI is InChI=1S/C12H11F3O3/c1-2-18-11(17)10(7-16)8-4-3-5-9(6-8)12(13,14)15/h3-7,10H,2H2,1H3. The number of halogens is 3. The highest BCUT2D eigenvalue weighted by atomic mass is 19.4. The minimum atomic E-state index is -4.52. The van der Waals surface area contributed by atoms with Gasteiger partial charge in [-0.1, -0.05) is 18.2 Å². The van der Waals surface area contributed by atoms with Gasteiger partial charge in [0.15, 0.2) is 0 Å². The average molecular weight is 260 g/mol. The van der Waals surface area contributed by atoms with E-state index >= 15 is 0 Å². The smallest absolute Gasteiger partial charge is 0.416 e. The number of carbonyl (C=O) groups excluding carboxylic acids is 2. The highest BCUT2D eigenvalue weighted by Gasteiger charge is 2.32. The molecule has 98 valence electrons. The number of hydrogen-bond donors (Lipinski definition) is 0. The predicted octanol–water partition coefficient (Wildman–Crippen LogP) is 2.55. The third kappa shape index (κ3) is 3.32. The molecule has 0 aliphatic carbocycles. The average Bonchev–Trinajstić information content (AvgIpc) is 2.29. The number of alkyl halides is 3. The second-order valence-electron chi connectivity index (χ2n) is 3.49. The first-order valence-electron chi connectivity index (χ1n) is 5.19. The molecule has 3 nitrogen and oxygen atoms in total. The summed E-state index contributed by atoms with van der Waals surface area (Å²) in [5.41, 5.74) is -0.936. The van der Waals surface area contributed by atoms with E-state index in [2.05, 4.69) is 4.74 Å². The normalized spacial score (nSPS) is 12.9. The van der Waals surface area contributed by atoms with E-state index in [-0.39, 0.29) is 18.5 Å². The van der Waals surface area contributed by atoms with Gasteiger partial charge in [0.25, 0.3) is 0 Å². The van der Waals surface area contributed by atoms with E-state index in [1.54, 1.807) is 6.92 Å². The summed E-state index contributed by atoms with van der Waals surface area (Å²) in [5, 5.41) is 0. The van der Waals surface area contributed by atoms with Gasteiger partial charge in [0.2, 0.25) is 0 Å². The largest absolute Gasteiger partial charge is 0.465 e. The summed E-state index contributed by atoms with van der Waals surface area (Å²) in [7, 11) is 0. The Kier molecular flexibility index (Phi) is 4.47. The number of benzene rings is 1. The third-order valence-electron chi connectivity index (χ3n) is 2.25. The molecule has 0 fully saturated rings. The van der Waals surface area contributed by atoms with Crippen LogP contribution in [0.5, 0.6) is 0 Å². The number of esters is 1. The van der Waals surface area contributed by atoms with Gasteiger partial charge in [0.1, 0.15) is 12.2 Å². The second-order valence-corrected chi connectivity index (χ2v) is 3.49. The molecule has 0 aliphatic heterocycles. The Morgan fingerprint density at radius 3 is 2.61 bits per heavy atom. The lowest BCUT2D eigenvalue weighted by molar-refractivity contribution is -0.146. The van der Waals surface area contributed by atoms with Gasteiger partial charge >= 0.3 is 12.1 Å². The SMILES string of the molecule is CCOC(=O)C(C=O)c1cccc(C(F)(F)F)c1. The Balaban J connectivity index is 3.08.